The van der Waals surface area contributed by atoms with Crippen LogP contribution in [0.4, 0.5) is 5.88 Å². The molecule has 1 fully saturated rings. The molecule has 3 heterocycles. The molecule has 1 saturated heterocycles. The number of benzene rings is 1. The van der Waals surface area contributed by atoms with Crippen LogP contribution in [0.3, 0.4) is 0 Å². The van der Waals surface area contributed by atoms with Gasteiger partial charge in [-0.3, -0.25) is 19.8 Å². The highest BCUT2D eigenvalue weighted by molar-refractivity contribution is 8.05. The third-order valence-corrected chi connectivity index (χ3v) is 6.70. The average Bonchev–Trinajstić information content (AvgIpc) is 3.44. The fourth-order valence-corrected chi connectivity index (χ4v) is 5.30. The molecule has 2 atom stereocenters. The quantitative estimate of drug-likeness (QED) is 0.238. The van der Waals surface area contributed by atoms with Crippen LogP contribution in [-0.4, -0.2) is 47.5 Å². The number of methoxy groups -OCH3 is 1. The summed E-state index contributed by atoms with van der Waals surface area (Å²) < 4.78 is 21.7. The molecule has 1 aromatic heterocycles. The zero-order valence-electron chi connectivity index (χ0n) is 20.1. The normalized spacial score (nSPS) is 20.3. The van der Waals surface area contributed by atoms with Crippen LogP contribution in [0.5, 0.6) is 11.5 Å². The van der Waals surface area contributed by atoms with E-state index in [1.807, 2.05) is 13.8 Å². The second kappa shape index (κ2) is 10.4. The second-order valence-corrected chi connectivity index (χ2v) is 8.90. The van der Waals surface area contributed by atoms with E-state index >= 15 is 0 Å². The number of carbonyl (C=O) groups excluding carboxylic acids is 2. The lowest BCUT2D eigenvalue weighted by Gasteiger charge is -2.39. The number of thioether (sulfide) groups is 1. The number of nitrogens with one attached hydrogen (secondary N) is 1. The van der Waals surface area contributed by atoms with E-state index in [1.165, 1.54) is 37.1 Å². The van der Waals surface area contributed by atoms with Crippen LogP contribution in [0.15, 0.2) is 50.9 Å². The fraction of sp³-hybridized carbons (Fsp3) is 0.333. The Labute approximate surface area is 211 Å². The standard InChI is InChI=1S/C24H25N3O8S/c1-5-33-16-9-7-14(11-17(16)34-6-2)21-20(23(29)32-4)13(3)25-24-26(21)22(28)18(36-24)12-15-8-10-19(35-15)27(30)31/h7-12,21,24-25H,5-6H2,1-4H3/b18-12-/t21-,24+/m0/s1. The Morgan fingerprint density at radius 1 is 1.22 bits per heavy atom. The van der Waals surface area contributed by atoms with E-state index in [0.29, 0.717) is 40.9 Å². The first kappa shape index (κ1) is 25.2. The van der Waals surface area contributed by atoms with Gasteiger partial charge >= 0.3 is 11.9 Å². The Morgan fingerprint density at radius 2 is 1.94 bits per heavy atom. The lowest BCUT2D eigenvalue weighted by molar-refractivity contribution is -0.402. The van der Waals surface area contributed by atoms with Gasteiger partial charge in [0.2, 0.25) is 0 Å². The Morgan fingerprint density at radius 3 is 2.58 bits per heavy atom. The SMILES string of the molecule is CCOc1ccc([C@H]2C(C(=O)OC)=C(C)N[C@H]3S/C(=C\c4ccc([N+](=O)[O-])o4)C(=O)N23)cc1OCC. The highest BCUT2D eigenvalue weighted by Crippen LogP contribution is 2.47. The minimum Gasteiger partial charge on any atom is -0.490 e. The van der Waals surface area contributed by atoms with E-state index in [1.54, 1.807) is 30.0 Å². The molecule has 2 aromatic rings. The Hall–Kier alpha value is -3.93. The molecule has 12 heteroatoms. The summed E-state index contributed by atoms with van der Waals surface area (Å²) in [6.45, 7) is 6.31. The van der Waals surface area contributed by atoms with Gasteiger partial charge in [-0.25, -0.2) is 4.79 Å². The van der Waals surface area contributed by atoms with E-state index in [9.17, 15) is 19.7 Å². The molecule has 36 heavy (non-hydrogen) atoms. The molecule has 1 aromatic carbocycles. The van der Waals surface area contributed by atoms with Gasteiger partial charge in [0.05, 0.1) is 42.9 Å². The number of carbonyl (C=O) groups is 2. The van der Waals surface area contributed by atoms with Crippen molar-refractivity contribution < 1.29 is 33.1 Å². The summed E-state index contributed by atoms with van der Waals surface area (Å²) in [5.74, 6) is -0.154. The summed E-state index contributed by atoms with van der Waals surface area (Å²) in [5, 5.41) is 14.2. The topological polar surface area (TPSA) is 133 Å². The summed E-state index contributed by atoms with van der Waals surface area (Å²) in [5.41, 5.74) is 0.950. The number of amides is 1. The van der Waals surface area contributed by atoms with Gasteiger partial charge in [0.15, 0.2) is 17.0 Å². The van der Waals surface area contributed by atoms with Gasteiger partial charge in [-0.1, -0.05) is 17.8 Å². The number of nitro groups is 1. The van der Waals surface area contributed by atoms with E-state index in [0.717, 1.165) is 0 Å². The largest absolute Gasteiger partial charge is 0.490 e. The van der Waals surface area contributed by atoms with Crippen molar-refractivity contribution in [1.29, 1.82) is 0 Å². The molecule has 0 spiro atoms. The van der Waals surface area contributed by atoms with Crippen molar-refractivity contribution in [3.63, 3.8) is 0 Å². The van der Waals surface area contributed by atoms with E-state index < -0.39 is 28.3 Å². The van der Waals surface area contributed by atoms with Crippen LogP contribution in [0, 0.1) is 10.1 Å². The maximum absolute atomic E-state index is 13.6. The molecule has 0 radical (unpaired) electrons. The Kier molecular flexibility index (Phi) is 7.25. The molecule has 0 aliphatic carbocycles. The predicted octanol–water partition coefficient (Wildman–Crippen LogP) is 3.98. The lowest BCUT2D eigenvalue weighted by Crippen LogP contribution is -2.49. The van der Waals surface area contributed by atoms with Crippen LogP contribution < -0.4 is 14.8 Å². The van der Waals surface area contributed by atoms with Crippen LogP contribution in [0.1, 0.15) is 38.1 Å². The van der Waals surface area contributed by atoms with Gasteiger partial charge < -0.3 is 23.9 Å². The number of fused-ring (bicyclic) bond motifs is 1. The summed E-state index contributed by atoms with van der Waals surface area (Å²) in [6.07, 6.45) is 1.45. The minimum atomic E-state index is -0.782. The molecule has 1 amide bonds. The Bertz CT molecular complexity index is 1270. The number of esters is 1. The summed E-state index contributed by atoms with van der Waals surface area (Å²) >= 11 is 1.22. The van der Waals surface area contributed by atoms with Crippen molar-refractivity contribution in [2.45, 2.75) is 32.3 Å². The van der Waals surface area contributed by atoms with Crippen LogP contribution in [0.2, 0.25) is 0 Å². The maximum atomic E-state index is 13.6. The Balaban J connectivity index is 1.79. The molecule has 0 bridgehead atoms. The van der Waals surface area contributed by atoms with Gasteiger partial charge in [-0.2, -0.15) is 0 Å². The van der Waals surface area contributed by atoms with Crippen LogP contribution in [0.25, 0.3) is 6.08 Å². The number of nitrogens with zero attached hydrogens (tertiary/aromatic N) is 2. The van der Waals surface area contributed by atoms with E-state index in [-0.39, 0.29) is 17.2 Å². The third kappa shape index (κ3) is 4.63. The molecule has 2 aliphatic heterocycles. The molecule has 2 aliphatic rings. The first-order valence-corrected chi connectivity index (χ1v) is 12.1. The first-order chi connectivity index (χ1) is 17.3. The average molecular weight is 516 g/mol. The number of hydrogen-bond acceptors (Lipinski definition) is 10. The number of rotatable bonds is 8. The first-order valence-electron chi connectivity index (χ1n) is 11.2. The molecule has 4 rings (SSSR count). The van der Waals surface area contributed by atoms with E-state index in [4.69, 9.17) is 18.6 Å². The highest BCUT2D eigenvalue weighted by Gasteiger charge is 2.48. The summed E-state index contributed by atoms with van der Waals surface area (Å²) in [7, 11) is 1.28. The van der Waals surface area contributed by atoms with Crippen molar-refractivity contribution in [2.24, 2.45) is 0 Å². The molecule has 190 valence electrons. The van der Waals surface area contributed by atoms with Gasteiger partial charge in [-0.15, -0.1) is 0 Å². The van der Waals surface area contributed by atoms with Crippen LogP contribution in [-0.2, 0) is 14.3 Å². The number of ether oxygens (including phenoxy) is 3. The number of hydrogen-bond donors (Lipinski definition) is 1. The van der Waals surface area contributed by atoms with Gasteiger partial charge in [0, 0.05) is 11.8 Å². The number of allylic oxidation sites excluding steroid dienone is 1. The third-order valence-electron chi connectivity index (χ3n) is 5.59. The van der Waals surface area contributed by atoms with Crippen molar-refractivity contribution in [2.75, 3.05) is 20.3 Å². The number of furan rings is 1. The molecular formula is C24H25N3O8S. The zero-order valence-corrected chi connectivity index (χ0v) is 20.9. The predicted molar refractivity (Wildman–Crippen MR) is 131 cm³/mol. The summed E-state index contributed by atoms with van der Waals surface area (Å²) in [4.78, 5) is 38.6. The van der Waals surface area contributed by atoms with Gasteiger partial charge in [0.1, 0.15) is 10.7 Å². The van der Waals surface area contributed by atoms with Crippen molar-refractivity contribution >= 4 is 35.6 Å². The molecule has 11 nitrogen and oxygen atoms in total. The van der Waals surface area contributed by atoms with Crippen molar-refractivity contribution in [1.82, 2.24) is 10.2 Å². The molecule has 1 N–H and O–H groups in total. The second-order valence-electron chi connectivity index (χ2n) is 7.77. The fourth-order valence-electron chi connectivity index (χ4n) is 4.10. The highest BCUT2D eigenvalue weighted by atomic mass is 32.2. The smallest absolute Gasteiger partial charge is 0.433 e. The molecular weight excluding hydrogens is 490 g/mol. The molecule has 0 saturated carbocycles. The van der Waals surface area contributed by atoms with Gasteiger partial charge in [-0.05, 0) is 44.5 Å². The monoisotopic (exact) mass is 515 g/mol. The van der Waals surface area contributed by atoms with Crippen LogP contribution >= 0.6 is 11.8 Å². The zero-order chi connectivity index (χ0) is 26.0. The van der Waals surface area contributed by atoms with Crippen molar-refractivity contribution in [3.05, 3.63) is 67.9 Å². The van der Waals surface area contributed by atoms with E-state index in [2.05, 4.69) is 5.32 Å². The van der Waals surface area contributed by atoms with Crippen molar-refractivity contribution in [3.8, 4) is 11.5 Å². The lowest BCUT2D eigenvalue weighted by atomic mass is 9.93. The summed E-state index contributed by atoms with van der Waals surface area (Å²) in [6, 6.07) is 7.15. The maximum Gasteiger partial charge on any atom is 0.433 e. The van der Waals surface area contributed by atoms with Gasteiger partial charge in [0.25, 0.3) is 5.91 Å². The molecule has 0 unspecified atom stereocenters. The minimum absolute atomic E-state index is 0.173.